The number of thioether (sulfide) groups is 1. The summed E-state index contributed by atoms with van der Waals surface area (Å²) in [5.74, 6) is -3.19. The first-order valence-electron chi connectivity index (χ1n) is 12.6. The molecule has 0 aromatic carbocycles. The van der Waals surface area contributed by atoms with Gasteiger partial charge < -0.3 is 9.84 Å². The van der Waals surface area contributed by atoms with Crippen LogP contribution in [0.1, 0.15) is 59.8 Å². The number of carbonyl (C=O) groups is 3. The molecule has 5 rings (SSSR count). The molecule has 0 heterocycles. The van der Waals surface area contributed by atoms with E-state index in [0.29, 0.717) is 24.6 Å². The molecule has 0 aliphatic heterocycles. The number of alkyl halides is 3. The fraction of sp³-hybridized carbons (Fsp3) is 0.741. The summed E-state index contributed by atoms with van der Waals surface area (Å²) in [6.45, 7) is 6.69. The van der Waals surface area contributed by atoms with Crippen molar-refractivity contribution in [3.63, 3.8) is 0 Å². The Morgan fingerprint density at radius 3 is 2.47 bits per heavy atom. The first kappa shape index (κ1) is 26.0. The van der Waals surface area contributed by atoms with E-state index in [9.17, 15) is 23.9 Å². The van der Waals surface area contributed by atoms with E-state index in [2.05, 4.69) is 0 Å². The monoisotopic (exact) mass is 526 g/mol. The minimum Gasteiger partial charge on any atom is -0.449 e. The molecule has 0 unspecified atom stereocenters. The third-order valence-electron chi connectivity index (χ3n) is 10.4. The van der Waals surface area contributed by atoms with Crippen LogP contribution in [0.5, 0.6) is 0 Å². The van der Waals surface area contributed by atoms with Crippen LogP contribution < -0.4 is 0 Å². The highest BCUT2D eigenvalue weighted by atomic mass is 32.2. The Morgan fingerprint density at radius 1 is 1.19 bits per heavy atom. The van der Waals surface area contributed by atoms with Crippen LogP contribution in [0.3, 0.4) is 0 Å². The summed E-state index contributed by atoms with van der Waals surface area (Å²) < 4.78 is 52.5. The normalized spacial score (nSPS) is 48.4. The standard InChI is InChI=1S/C27H33F3O5S/c1-14-9-16-17-11-19(29)18-10-15(31)5-6-24(18,3)26(17,30)20(32)12-25(16,4)27(14,22(34)36-13-28)35-21(33)23(2)7-8-23/h5-6,10,14,16-17,19-20,32H,7-9,11-13H2,1-4H3/t14-,16+,17+,19+,20+,24+,25+,26+,27-/m1/s1. The molecule has 5 aliphatic carbocycles. The number of ether oxygens (including phenoxy) is 1. The lowest BCUT2D eigenvalue weighted by Gasteiger charge is -2.63. The second-order valence-corrected chi connectivity index (χ2v) is 13.1. The number of ketones is 1. The zero-order valence-electron chi connectivity index (χ0n) is 21.0. The minimum absolute atomic E-state index is 0.0193. The van der Waals surface area contributed by atoms with Crippen molar-refractivity contribution in [1.29, 1.82) is 0 Å². The van der Waals surface area contributed by atoms with Gasteiger partial charge in [-0.25, -0.2) is 13.2 Å². The molecular weight excluding hydrogens is 493 g/mol. The van der Waals surface area contributed by atoms with E-state index < -0.39 is 80.4 Å². The van der Waals surface area contributed by atoms with E-state index in [0.717, 1.165) is 6.08 Å². The Kier molecular flexibility index (Phi) is 5.74. The van der Waals surface area contributed by atoms with E-state index in [4.69, 9.17) is 4.74 Å². The van der Waals surface area contributed by atoms with Gasteiger partial charge in [-0.05, 0) is 81.4 Å². The highest BCUT2D eigenvalue weighted by molar-refractivity contribution is 8.13. The van der Waals surface area contributed by atoms with Crippen LogP contribution in [0.15, 0.2) is 23.8 Å². The molecule has 0 radical (unpaired) electrons. The largest absolute Gasteiger partial charge is 0.449 e. The molecule has 0 saturated heterocycles. The van der Waals surface area contributed by atoms with Crippen LogP contribution >= 0.6 is 11.8 Å². The lowest BCUT2D eigenvalue weighted by atomic mass is 9.44. The molecule has 0 bridgehead atoms. The number of rotatable bonds is 4. The van der Waals surface area contributed by atoms with Gasteiger partial charge in [0.05, 0.1) is 11.5 Å². The lowest BCUT2D eigenvalue weighted by molar-refractivity contribution is -0.230. The fourth-order valence-corrected chi connectivity index (χ4v) is 8.83. The number of halogens is 3. The average Bonchev–Trinajstić information content (AvgIpc) is 3.52. The molecule has 0 spiro atoms. The second kappa shape index (κ2) is 7.95. The quantitative estimate of drug-likeness (QED) is 0.529. The predicted octanol–water partition coefficient (Wildman–Crippen LogP) is 4.82. The molecule has 198 valence electrons. The topological polar surface area (TPSA) is 80.7 Å². The van der Waals surface area contributed by atoms with Crippen molar-refractivity contribution in [2.45, 2.75) is 83.3 Å². The van der Waals surface area contributed by atoms with Crippen LogP contribution in [-0.2, 0) is 19.1 Å². The first-order valence-corrected chi connectivity index (χ1v) is 13.6. The van der Waals surface area contributed by atoms with Gasteiger partial charge in [-0.3, -0.25) is 14.4 Å². The zero-order chi connectivity index (χ0) is 26.5. The van der Waals surface area contributed by atoms with Crippen LogP contribution in [0.2, 0.25) is 0 Å². The molecule has 5 nitrogen and oxygen atoms in total. The molecule has 0 aromatic heterocycles. The van der Waals surface area contributed by atoms with Crippen LogP contribution in [0.4, 0.5) is 13.2 Å². The van der Waals surface area contributed by atoms with Crippen molar-refractivity contribution in [1.82, 2.24) is 0 Å². The molecule has 36 heavy (non-hydrogen) atoms. The highest BCUT2D eigenvalue weighted by Gasteiger charge is 2.78. The van der Waals surface area contributed by atoms with E-state index >= 15 is 8.78 Å². The van der Waals surface area contributed by atoms with Crippen molar-refractivity contribution in [3.8, 4) is 0 Å². The number of carbonyl (C=O) groups excluding carboxylic acids is 3. The molecule has 1 N–H and O–H groups in total. The van der Waals surface area contributed by atoms with Gasteiger partial charge in [0.1, 0.15) is 12.2 Å². The van der Waals surface area contributed by atoms with E-state index in [-0.39, 0.29) is 24.8 Å². The molecule has 4 fully saturated rings. The van der Waals surface area contributed by atoms with Gasteiger partial charge in [-0.1, -0.05) is 19.9 Å². The van der Waals surface area contributed by atoms with Gasteiger partial charge in [0.15, 0.2) is 17.1 Å². The lowest BCUT2D eigenvalue weighted by Crippen LogP contribution is -2.70. The number of aliphatic hydroxyl groups excluding tert-OH is 1. The number of esters is 1. The van der Waals surface area contributed by atoms with Gasteiger partial charge in [-0.15, -0.1) is 0 Å². The summed E-state index contributed by atoms with van der Waals surface area (Å²) in [6.07, 6.45) is 1.45. The molecule has 0 amide bonds. The van der Waals surface area contributed by atoms with Crippen molar-refractivity contribution >= 4 is 28.6 Å². The van der Waals surface area contributed by atoms with Gasteiger partial charge in [0, 0.05) is 22.7 Å². The third-order valence-corrected chi connectivity index (χ3v) is 11.1. The van der Waals surface area contributed by atoms with Crippen molar-refractivity contribution < 1.29 is 37.4 Å². The summed E-state index contributed by atoms with van der Waals surface area (Å²) in [5.41, 5.74) is -7.57. The molecule has 4 saturated carbocycles. The summed E-state index contributed by atoms with van der Waals surface area (Å²) in [7, 11) is 0. The Hall–Kier alpha value is -1.61. The predicted molar refractivity (Wildman–Crippen MR) is 128 cm³/mol. The molecule has 0 aromatic rings. The SMILES string of the molecule is C[C@@H]1C[C@H]2[C@@H]3C[C@H](F)C4=CC(=O)C=C[C@]4(C)[C@@]3(F)[C@@H](O)C[C@]2(C)[C@]1(OC(=O)C1(C)CC1)C(=O)SCF. The molecule has 5 aliphatic rings. The van der Waals surface area contributed by atoms with E-state index in [1.165, 1.54) is 19.1 Å². The number of hydrogen-bond donors (Lipinski definition) is 1. The summed E-state index contributed by atoms with van der Waals surface area (Å²) >= 11 is 0.416. The van der Waals surface area contributed by atoms with Crippen LogP contribution in [0, 0.1) is 34.0 Å². The van der Waals surface area contributed by atoms with Gasteiger partial charge in [-0.2, -0.15) is 0 Å². The Morgan fingerprint density at radius 2 is 1.86 bits per heavy atom. The van der Waals surface area contributed by atoms with E-state index in [1.807, 2.05) is 0 Å². The van der Waals surface area contributed by atoms with Crippen molar-refractivity contribution in [2.24, 2.45) is 34.0 Å². The van der Waals surface area contributed by atoms with Crippen molar-refractivity contribution in [3.05, 3.63) is 23.8 Å². The highest BCUT2D eigenvalue weighted by Crippen LogP contribution is 2.72. The summed E-state index contributed by atoms with van der Waals surface area (Å²) in [5, 5.41) is 10.8. The van der Waals surface area contributed by atoms with Crippen LogP contribution in [0.25, 0.3) is 0 Å². The fourth-order valence-electron chi connectivity index (χ4n) is 8.04. The van der Waals surface area contributed by atoms with Crippen LogP contribution in [-0.4, -0.2) is 51.5 Å². The molecular formula is C27H33F3O5S. The Labute approximate surface area is 213 Å². The summed E-state index contributed by atoms with van der Waals surface area (Å²) in [4.78, 5) is 38.8. The smallest absolute Gasteiger partial charge is 0.312 e. The molecule has 9 atom stereocenters. The Balaban J connectivity index is 1.63. The average molecular weight is 527 g/mol. The number of aliphatic hydroxyl groups is 1. The number of allylic oxidation sites excluding steroid dienone is 4. The van der Waals surface area contributed by atoms with E-state index in [1.54, 1.807) is 20.8 Å². The van der Waals surface area contributed by atoms with Crippen molar-refractivity contribution in [2.75, 3.05) is 6.01 Å². The Bertz CT molecular complexity index is 1090. The second-order valence-electron chi connectivity index (χ2n) is 12.2. The number of hydrogen-bond acceptors (Lipinski definition) is 6. The van der Waals surface area contributed by atoms with Gasteiger partial charge >= 0.3 is 5.97 Å². The number of fused-ring (bicyclic) bond motifs is 5. The summed E-state index contributed by atoms with van der Waals surface area (Å²) in [6, 6.07) is -1.01. The first-order chi connectivity index (χ1) is 16.7. The van der Waals surface area contributed by atoms with Gasteiger partial charge in [0.25, 0.3) is 0 Å². The maximum absolute atomic E-state index is 17.4. The minimum atomic E-state index is -2.30. The maximum Gasteiger partial charge on any atom is 0.312 e. The zero-order valence-corrected chi connectivity index (χ0v) is 21.8. The molecule has 9 heteroatoms. The third kappa shape index (κ3) is 3.04. The maximum atomic E-state index is 17.4. The van der Waals surface area contributed by atoms with Gasteiger partial charge in [0.2, 0.25) is 5.12 Å².